The molecule has 1 saturated heterocycles. The van der Waals surface area contributed by atoms with Crippen molar-refractivity contribution >= 4 is 29.1 Å². The van der Waals surface area contributed by atoms with Gasteiger partial charge in [0.1, 0.15) is 22.1 Å². The number of nitrogens with zero attached hydrogens (tertiary/aromatic N) is 1. The standard InChI is InChI=1S/C36H42ClNO9/c1-18-10-23(40)28(32(42)36(18)33(43)29-25(45-6)13-26(46-7)30(37)31(29)47-36)21(19-8-9-22(39)24(11-19)44-5)12-27(41)38-17-35(4)15-20(38)14-34(2,3)16-35/h8-9,11,13,18,20-21,39,42H,10,12,14-17H2,1-7H3. The molecule has 2 aromatic carbocycles. The maximum atomic E-state index is 14.4. The van der Waals surface area contributed by atoms with Crippen molar-refractivity contribution in [2.75, 3.05) is 27.9 Å². The van der Waals surface area contributed by atoms with Crippen LogP contribution in [0.5, 0.6) is 28.7 Å². The minimum atomic E-state index is -2.00. The minimum absolute atomic E-state index is 0.0147. The number of phenols is 1. The van der Waals surface area contributed by atoms with Crippen LogP contribution in [-0.4, -0.2) is 72.1 Å². The highest BCUT2D eigenvalue weighted by Gasteiger charge is 2.62. The fourth-order valence-corrected chi connectivity index (χ4v) is 9.14. The van der Waals surface area contributed by atoms with Gasteiger partial charge in [-0.05, 0) is 47.8 Å². The number of aliphatic hydroxyl groups is 1. The molecule has 2 aromatic rings. The average Bonchev–Trinajstić information content (AvgIpc) is 3.46. The first-order chi connectivity index (χ1) is 22.1. The van der Waals surface area contributed by atoms with Crippen molar-refractivity contribution in [1.82, 2.24) is 4.90 Å². The molecule has 2 N–H and O–H groups in total. The van der Waals surface area contributed by atoms with Gasteiger partial charge in [-0.15, -0.1) is 0 Å². The Kier molecular flexibility index (Phi) is 7.97. The van der Waals surface area contributed by atoms with Gasteiger partial charge in [0.25, 0.3) is 0 Å². The number of phenolic OH excluding ortho intramolecular Hbond substituents is 1. The molecule has 2 heterocycles. The number of carbonyl (C=O) groups is 3. The SMILES string of the molecule is COc1cc(C(CC(=O)N2CC3(C)CC2CC(C)(C)C3)C2=C(O)C3(Oc4c(Cl)c(OC)cc(OC)c4C3=O)C(C)CC2=O)ccc1O. The fourth-order valence-electron chi connectivity index (χ4n) is 8.88. The number of likely N-dealkylation sites (tertiary alicyclic amines) is 1. The van der Waals surface area contributed by atoms with E-state index in [-0.39, 0.29) is 80.5 Å². The number of methoxy groups -OCH3 is 3. The van der Waals surface area contributed by atoms with Crippen LogP contribution in [0.25, 0.3) is 0 Å². The summed E-state index contributed by atoms with van der Waals surface area (Å²) in [6.45, 7) is 8.93. The smallest absolute Gasteiger partial charge is 0.231 e. The normalized spacial score (nSPS) is 28.3. The van der Waals surface area contributed by atoms with Gasteiger partial charge in [-0.2, -0.15) is 0 Å². The molecule has 5 unspecified atom stereocenters. The Morgan fingerprint density at radius 1 is 1.04 bits per heavy atom. The predicted molar refractivity (Wildman–Crippen MR) is 174 cm³/mol. The third kappa shape index (κ3) is 5.10. The Balaban J connectivity index is 1.49. The molecule has 5 atom stereocenters. The van der Waals surface area contributed by atoms with Crippen LogP contribution in [-0.2, 0) is 9.59 Å². The number of Topliss-reactive ketones (excluding diaryl/α,β-unsaturated/α-hetero) is 2. The van der Waals surface area contributed by atoms with E-state index in [2.05, 4.69) is 20.8 Å². The number of halogens is 1. The second-order valence-corrected chi connectivity index (χ2v) is 15.1. The van der Waals surface area contributed by atoms with Crippen LogP contribution in [0.1, 0.15) is 81.6 Å². The average molecular weight is 668 g/mol. The van der Waals surface area contributed by atoms with E-state index < -0.39 is 34.8 Å². The number of ketones is 2. The highest BCUT2D eigenvalue weighted by Crippen LogP contribution is 2.57. The van der Waals surface area contributed by atoms with Crippen LogP contribution in [0.3, 0.4) is 0 Å². The van der Waals surface area contributed by atoms with E-state index in [1.54, 1.807) is 19.1 Å². The van der Waals surface area contributed by atoms with Gasteiger partial charge in [-0.1, -0.05) is 45.4 Å². The Hall–Kier alpha value is -3.92. The molecule has 252 valence electrons. The lowest BCUT2D eigenvalue weighted by atomic mass is 9.65. The molecule has 11 heteroatoms. The van der Waals surface area contributed by atoms with Gasteiger partial charge in [0.05, 0.1) is 21.3 Å². The predicted octanol–water partition coefficient (Wildman–Crippen LogP) is 6.41. The summed E-state index contributed by atoms with van der Waals surface area (Å²) in [6, 6.07) is 6.10. The zero-order valence-electron chi connectivity index (χ0n) is 27.9. The van der Waals surface area contributed by atoms with Crippen molar-refractivity contribution in [2.45, 2.75) is 77.4 Å². The second kappa shape index (κ2) is 11.4. The van der Waals surface area contributed by atoms with Crippen molar-refractivity contribution in [3.63, 3.8) is 0 Å². The minimum Gasteiger partial charge on any atom is -0.507 e. The van der Waals surface area contributed by atoms with Crippen molar-refractivity contribution in [3.05, 3.63) is 51.7 Å². The Morgan fingerprint density at radius 3 is 2.38 bits per heavy atom. The molecule has 1 spiro atoms. The third-order valence-corrected chi connectivity index (χ3v) is 10.9. The van der Waals surface area contributed by atoms with Gasteiger partial charge >= 0.3 is 0 Å². The number of aromatic hydroxyl groups is 1. The molecule has 0 radical (unpaired) electrons. The van der Waals surface area contributed by atoms with Gasteiger partial charge in [0.2, 0.25) is 17.3 Å². The molecular weight excluding hydrogens is 626 g/mol. The van der Waals surface area contributed by atoms with Gasteiger partial charge in [0, 0.05) is 48.9 Å². The van der Waals surface area contributed by atoms with Gasteiger partial charge in [-0.3, -0.25) is 14.4 Å². The summed E-state index contributed by atoms with van der Waals surface area (Å²) in [5.41, 5.74) is -1.54. The van der Waals surface area contributed by atoms with Crippen LogP contribution < -0.4 is 18.9 Å². The number of amides is 1. The number of carbonyl (C=O) groups excluding carboxylic acids is 3. The number of fused-ring (bicyclic) bond motifs is 3. The van der Waals surface area contributed by atoms with E-state index in [4.69, 9.17) is 30.5 Å². The number of ether oxygens (including phenoxy) is 4. The maximum Gasteiger partial charge on any atom is 0.231 e. The zero-order valence-corrected chi connectivity index (χ0v) is 28.6. The summed E-state index contributed by atoms with van der Waals surface area (Å²) in [5, 5.41) is 22.6. The quantitative estimate of drug-likeness (QED) is 0.344. The lowest BCUT2D eigenvalue weighted by Crippen LogP contribution is -2.53. The van der Waals surface area contributed by atoms with Gasteiger partial charge < -0.3 is 34.1 Å². The third-order valence-electron chi connectivity index (χ3n) is 10.6. The molecule has 6 rings (SSSR count). The van der Waals surface area contributed by atoms with Crippen molar-refractivity contribution in [1.29, 1.82) is 0 Å². The number of rotatable bonds is 7. The lowest BCUT2D eigenvalue weighted by molar-refractivity contribution is -0.132. The monoisotopic (exact) mass is 667 g/mol. The molecule has 2 bridgehead atoms. The van der Waals surface area contributed by atoms with Crippen molar-refractivity contribution in [3.8, 4) is 28.7 Å². The van der Waals surface area contributed by atoms with Gasteiger partial charge in [0.15, 0.2) is 28.8 Å². The van der Waals surface area contributed by atoms with Crippen LogP contribution >= 0.6 is 11.6 Å². The van der Waals surface area contributed by atoms with Crippen LogP contribution in [0, 0.1) is 16.7 Å². The number of benzene rings is 2. The summed E-state index contributed by atoms with van der Waals surface area (Å²) in [5.74, 6) is -3.18. The first kappa shape index (κ1) is 33.0. The number of allylic oxidation sites excluding steroid dienone is 1. The van der Waals surface area contributed by atoms with Crippen molar-refractivity contribution in [2.24, 2.45) is 16.7 Å². The Labute approximate surface area is 279 Å². The van der Waals surface area contributed by atoms with Crippen LogP contribution in [0.2, 0.25) is 5.02 Å². The maximum absolute atomic E-state index is 14.4. The van der Waals surface area contributed by atoms with Crippen LogP contribution in [0.15, 0.2) is 35.6 Å². The van der Waals surface area contributed by atoms with E-state index in [9.17, 15) is 24.6 Å². The molecule has 4 aliphatic rings. The first-order valence-electron chi connectivity index (χ1n) is 15.9. The van der Waals surface area contributed by atoms with Crippen LogP contribution in [0.4, 0.5) is 0 Å². The zero-order chi connectivity index (χ0) is 34.2. The summed E-state index contributed by atoms with van der Waals surface area (Å²) < 4.78 is 22.6. The largest absolute Gasteiger partial charge is 0.507 e. The summed E-state index contributed by atoms with van der Waals surface area (Å²) in [7, 11) is 4.21. The van der Waals surface area contributed by atoms with E-state index in [1.807, 2.05) is 4.90 Å². The molecule has 0 aromatic heterocycles. The summed E-state index contributed by atoms with van der Waals surface area (Å²) in [6.07, 6.45) is 2.47. The first-order valence-corrected chi connectivity index (χ1v) is 16.3. The summed E-state index contributed by atoms with van der Waals surface area (Å²) in [4.78, 5) is 44.6. The van der Waals surface area contributed by atoms with E-state index >= 15 is 0 Å². The molecule has 1 saturated carbocycles. The van der Waals surface area contributed by atoms with Crippen molar-refractivity contribution < 1.29 is 43.5 Å². The van der Waals surface area contributed by atoms with Gasteiger partial charge in [-0.25, -0.2) is 0 Å². The highest BCUT2D eigenvalue weighted by molar-refractivity contribution is 6.35. The highest BCUT2D eigenvalue weighted by atomic mass is 35.5. The summed E-state index contributed by atoms with van der Waals surface area (Å²) >= 11 is 6.63. The topological polar surface area (TPSA) is 132 Å². The number of aliphatic hydroxyl groups excluding tert-OH is 1. The second-order valence-electron chi connectivity index (χ2n) is 14.7. The molecule has 47 heavy (non-hydrogen) atoms. The number of hydrogen-bond donors (Lipinski definition) is 2. The molecule has 1 amide bonds. The Bertz CT molecular complexity index is 1720. The number of hydrogen-bond acceptors (Lipinski definition) is 9. The lowest BCUT2D eigenvalue weighted by Gasteiger charge is -2.40. The van der Waals surface area contributed by atoms with E-state index in [0.29, 0.717) is 12.1 Å². The van der Waals surface area contributed by atoms with E-state index in [0.717, 1.165) is 19.3 Å². The Morgan fingerprint density at radius 2 is 1.72 bits per heavy atom. The fraction of sp³-hybridized carbons (Fsp3) is 0.528. The molecule has 10 nitrogen and oxygen atoms in total. The molecule has 2 aliphatic carbocycles. The molecule has 2 aliphatic heterocycles. The van der Waals surface area contributed by atoms with E-state index in [1.165, 1.54) is 33.5 Å². The molecular formula is C36H42ClNO9. The molecule has 2 fully saturated rings.